The summed E-state index contributed by atoms with van der Waals surface area (Å²) in [6.45, 7) is 9.24. The summed E-state index contributed by atoms with van der Waals surface area (Å²) in [4.78, 5) is 0. The average Bonchev–Trinajstić information content (AvgIpc) is 2.01. The van der Waals surface area contributed by atoms with Crippen molar-refractivity contribution in [3.05, 3.63) is 0 Å². The van der Waals surface area contributed by atoms with Crippen LogP contribution in [-0.4, -0.2) is 11.2 Å². The van der Waals surface area contributed by atoms with E-state index < -0.39 is 0 Å². The second kappa shape index (κ2) is 5.16. The van der Waals surface area contributed by atoms with Gasteiger partial charge in [0.25, 0.3) is 0 Å². The first-order chi connectivity index (χ1) is 6.50. The van der Waals surface area contributed by atoms with E-state index in [-0.39, 0.29) is 6.10 Å². The minimum Gasteiger partial charge on any atom is -0.393 e. The fraction of sp³-hybridized carbons (Fsp3) is 1.00. The molecule has 1 rings (SSSR count). The van der Waals surface area contributed by atoms with E-state index in [1.807, 2.05) is 0 Å². The van der Waals surface area contributed by atoms with Crippen LogP contribution in [0.2, 0.25) is 0 Å². The topological polar surface area (TPSA) is 20.2 Å². The van der Waals surface area contributed by atoms with Crippen LogP contribution in [0.4, 0.5) is 0 Å². The van der Waals surface area contributed by atoms with Crippen LogP contribution in [0, 0.1) is 23.7 Å². The van der Waals surface area contributed by atoms with Gasteiger partial charge in [-0.3, -0.25) is 0 Å². The first-order valence-corrected chi connectivity index (χ1v) is 6.18. The van der Waals surface area contributed by atoms with E-state index in [4.69, 9.17) is 0 Å². The van der Waals surface area contributed by atoms with Crippen LogP contribution >= 0.6 is 0 Å². The van der Waals surface area contributed by atoms with Crippen molar-refractivity contribution in [1.82, 2.24) is 0 Å². The number of aliphatic hydroxyl groups is 1. The van der Waals surface area contributed by atoms with Crippen molar-refractivity contribution in [3.63, 3.8) is 0 Å². The highest BCUT2D eigenvalue weighted by molar-refractivity contribution is 4.82. The second-order valence-corrected chi connectivity index (χ2v) is 5.76. The molecule has 0 aromatic rings. The van der Waals surface area contributed by atoms with Crippen LogP contribution in [0.1, 0.15) is 53.4 Å². The Labute approximate surface area is 88.9 Å². The van der Waals surface area contributed by atoms with Gasteiger partial charge in [0.1, 0.15) is 0 Å². The Bertz CT molecular complexity index is 161. The van der Waals surface area contributed by atoms with Crippen molar-refractivity contribution >= 4 is 0 Å². The maximum absolute atomic E-state index is 9.69. The Kier molecular flexibility index (Phi) is 4.43. The molecule has 3 atom stereocenters. The molecule has 0 aromatic carbocycles. The third-order valence-electron chi connectivity index (χ3n) is 3.64. The number of hydrogen-bond donors (Lipinski definition) is 1. The number of aliphatic hydroxyl groups excluding tert-OH is 1. The molecule has 0 aliphatic heterocycles. The maximum Gasteiger partial charge on any atom is 0.0543 e. The molecule has 1 fully saturated rings. The number of hydrogen-bond acceptors (Lipinski definition) is 1. The molecular weight excluding hydrogens is 172 g/mol. The SMILES string of the molecule is CC(C)CC1CC(O)CCC1C(C)C. The molecule has 0 heterocycles. The highest BCUT2D eigenvalue weighted by Crippen LogP contribution is 2.38. The van der Waals surface area contributed by atoms with E-state index in [1.165, 1.54) is 12.8 Å². The third kappa shape index (κ3) is 3.27. The highest BCUT2D eigenvalue weighted by Gasteiger charge is 2.31. The molecule has 1 saturated carbocycles. The molecule has 14 heavy (non-hydrogen) atoms. The van der Waals surface area contributed by atoms with E-state index in [0.29, 0.717) is 0 Å². The molecular formula is C13H26O. The van der Waals surface area contributed by atoms with E-state index in [2.05, 4.69) is 27.7 Å². The van der Waals surface area contributed by atoms with Gasteiger partial charge in [-0.25, -0.2) is 0 Å². The average molecular weight is 198 g/mol. The van der Waals surface area contributed by atoms with Gasteiger partial charge in [0.2, 0.25) is 0 Å². The molecule has 1 N–H and O–H groups in total. The van der Waals surface area contributed by atoms with Gasteiger partial charge in [0, 0.05) is 0 Å². The van der Waals surface area contributed by atoms with Crippen LogP contribution in [0.3, 0.4) is 0 Å². The summed E-state index contributed by atoms with van der Waals surface area (Å²) in [6, 6.07) is 0. The summed E-state index contributed by atoms with van der Waals surface area (Å²) >= 11 is 0. The first-order valence-electron chi connectivity index (χ1n) is 6.18. The summed E-state index contributed by atoms with van der Waals surface area (Å²) < 4.78 is 0. The lowest BCUT2D eigenvalue weighted by Crippen LogP contribution is -2.31. The Morgan fingerprint density at radius 1 is 1.14 bits per heavy atom. The summed E-state index contributed by atoms with van der Waals surface area (Å²) in [6.07, 6.45) is 4.57. The van der Waals surface area contributed by atoms with Crippen LogP contribution in [0.25, 0.3) is 0 Å². The van der Waals surface area contributed by atoms with E-state index in [0.717, 1.165) is 36.5 Å². The summed E-state index contributed by atoms with van der Waals surface area (Å²) in [5.41, 5.74) is 0. The molecule has 1 aliphatic rings. The van der Waals surface area contributed by atoms with E-state index >= 15 is 0 Å². The van der Waals surface area contributed by atoms with Crippen molar-refractivity contribution < 1.29 is 5.11 Å². The highest BCUT2D eigenvalue weighted by atomic mass is 16.3. The van der Waals surface area contributed by atoms with Crippen LogP contribution < -0.4 is 0 Å². The molecule has 0 aromatic heterocycles. The second-order valence-electron chi connectivity index (χ2n) is 5.76. The largest absolute Gasteiger partial charge is 0.393 e. The standard InChI is InChI=1S/C13H26O/c1-9(2)7-11-8-12(14)5-6-13(11)10(3)4/h9-14H,5-8H2,1-4H3. The Hall–Kier alpha value is -0.0400. The van der Waals surface area contributed by atoms with Gasteiger partial charge in [-0.2, -0.15) is 0 Å². The lowest BCUT2D eigenvalue weighted by atomic mass is 9.70. The molecule has 1 heteroatoms. The minimum absolute atomic E-state index is 0.0197. The zero-order valence-electron chi connectivity index (χ0n) is 10.2. The van der Waals surface area contributed by atoms with E-state index in [9.17, 15) is 5.11 Å². The summed E-state index contributed by atoms with van der Waals surface area (Å²) in [7, 11) is 0. The molecule has 0 radical (unpaired) electrons. The predicted molar refractivity (Wildman–Crippen MR) is 61.1 cm³/mol. The van der Waals surface area contributed by atoms with Crippen LogP contribution in [0.5, 0.6) is 0 Å². The van der Waals surface area contributed by atoms with Gasteiger partial charge in [-0.1, -0.05) is 27.7 Å². The van der Waals surface area contributed by atoms with Gasteiger partial charge >= 0.3 is 0 Å². The van der Waals surface area contributed by atoms with Crippen molar-refractivity contribution in [2.45, 2.75) is 59.5 Å². The fourth-order valence-corrected chi connectivity index (χ4v) is 3.02. The van der Waals surface area contributed by atoms with E-state index in [1.54, 1.807) is 0 Å². The van der Waals surface area contributed by atoms with Crippen LogP contribution in [-0.2, 0) is 0 Å². The number of rotatable bonds is 3. The minimum atomic E-state index is -0.0197. The van der Waals surface area contributed by atoms with Gasteiger partial charge in [0.05, 0.1) is 6.10 Å². The lowest BCUT2D eigenvalue weighted by Gasteiger charge is -2.37. The normalized spacial score (nSPS) is 34.1. The van der Waals surface area contributed by atoms with Crippen molar-refractivity contribution in [1.29, 1.82) is 0 Å². The molecule has 84 valence electrons. The lowest BCUT2D eigenvalue weighted by molar-refractivity contribution is 0.0434. The van der Waals surface area contributed by atoms with Crippen molar-refractivity contribution in [2.75, 3.05) is 0 Å². The molecule has 3 unspecified atom stereocenters. The molecule has 0 bridgehead atoms. The monoisotopic (exact) mass is 198 g/mol. The maximum atomic E-state index is 9.69. The summed E-state index contributed by atoms with van der Waals surface area (Å²) in [5, 5.41) is 9.69. The van der Waals surface area contributed by atoms with Gasteiger partial charge in [-0.15, -0.1) is 0 Å². The Morgan fingerprint density at radius 2 is 1.79 bits per heavy atom. The van der Waals surface area contributed by atoms with Gasteiger partial charge in [-0.05, 0) is 49.4 Å². The Balaban J connectivity index is 2.54. The molecule has 0 spiro atoms. The zero-order valence-corrected chi connectivity index (χ0v) is 10.2. The molecule has 0 amide bonds. The van der Waals surface area contributed by atoms with Crippen molar-refractivity contribution in [2.24, 2.45) is 23.7 Å². The quantitative estimate of drug-likeness (QED) is 0.736. The third-order valence-corrected chi connectivity index (χ3v) is 3.64. The fourth-order valence-electron chi connectivity index (χ4n) is 3.02. The smallest absolute Gasteiger partial charge is 0.0543 e. The predicted octanol–water partition coefficient (Wildman–Crippen LogP) is 3.47. The molecule has 1 aliphatic carbocycles. The van der Waals surface area contributed by atoms with Gasteiger partial charge in [0.15, 0.2) is 0 Å². The zero-order chi connectivity index (χ0) is 10.7. The van der Waals surface area contributed by atoms with Crippen LogP contribution in [0.15, 0.2) is 0 Å². The Morgan fingerprint density at radius 3 is 2.29 bits per heavy atom. The van der Waals surface area contributed by atoms with Crippen molar-refractivity contribution in [3.8, 4) is 0 Å². The molecule has 1 nitrogen and oxygen atoms in total. The summed E-state index contributed by atoms with van der Waals surface area (Å²) in [5.74, 6) is 3.16. The molecule has 0 saturated heterocycles. The first kappa shape index (κ1) is 12.0. The van der Waals surface area contributed by atoms with Gasteiger partial charge < -0.3 is 5.11 Å².